The second-order valence-electron chi connectivity index (χ2n) is 4.40. The molecule has 1 aromatic heterocycles. The topological polar surface area (TPSA) is 54.2 Å². The number of aromatic nitrogens is 1. The molecule has 15 heavy (non-hydrogen) atoms. The normalized spacial score (nSPS) is 28.7. The van der Waals surface area contributed by atoms with Gasteiger partial charge < -0.3 is 16.0 Å². The van der Waals surface area contributed by atoms with Crippen LogP contribution in [0.4, 0.5) is 5.69 Å². The van der Waals surface area contributed by atoms with E-state index in [-0.39, 0.29) is 0 Å². The Morgan fingerprint density at radius 1 is 1.53 bits per heavy atom. The lowest BCUT2D eigenvalue weighted by atomic mass is 10.2. The Kier molecular flexibility index (Phi) is 2.11. The first-order valence-corrected chi connectivity index (χ1v) is 5.51. The van der Waals surface area contributed by atoms with Gasteiger partial charge in [0.1, 0.15) is 0 Å². The number of nitrogens with zero attached hydrogens (tertiary/aromatic N) is 2. The number of piperazine rings is 1. The van der Waals surface area contributed by atoms with Gasteiger partial charge in [0, 0.05) is 37.9 Å². The molecule has 0 amide bonds. The van der Waals surface area contributed by atoms with Crippen LogP contribution in [0.3, 0.4) is 0 Å². The lowest BCUT2D eigenvalue weighted by molar-refractivity contribution is 0.579. The molecule has 2 bridgehead atoms. The third kappa shape index (κ3) is 1.50. The Hall–Kier alpha value is -1.13. The lowest BCUT2D eigenvalue weighted by Gasteiger charge is -2.29. The summed E-state index contributed by atoms with van der Waals surface area (Å²) in [7, 11) is 0. The molecule has 2 fully saturated rings. The molecule has 0 aliphatic carbocycles. The summed E-state index contributed by atoms with van der Waals surface area (Å²) in [6.07, 6.45) is 5.06. The summed E-state index contributed by atoms with van der Waals surface area (Å²) in [5.74, 6) is 0. The fraction of sp³-hybridized carbons (Fsp3) is 0.545. The number of nitrogens with two attached hydrogens (primary N) is 1. The number of fused-ring (bicyclic) bond motifs is 2. The highest BCUT2D eigenvalue weighted by atomic mass is 15.3. The molecule has 4 nitrogen and oxygen atoms in total. The monoisotopic (exact) mass is 204 g/mol. The van der Waals surface area contributed by atoms with Crippen LogP contribution in [0.2, 0.25) is 0 Å². The molecule has 4 heteroatoms. The summed E-state index contributed by atoms with van der Waals surface area (Å²) in [4.78, 5) is 6.69. The molecule has 80 valence electrons. The van der Waals surface area contributed by atoms with Gasteiger partial charge in [0.15, 0.2) is 0 Å². The molecule has 0 spiro atoms. The van der Waals surface area contributed by atoms with Crippen LogP contribution in [-0.2, 0) is 6.54 Å². The highest BCUT2D eigenvalue weighted by Gasteiger charge is 2.37. The first-order chi connectivity index (χ1) is 7.36. The van der Waals surface area contributed by atoms with E-state index in [4.69, 9.17) is 5.73 Å². The van der Waals surface area contributed by atoms with Crippen LogP contribution in [0, 0.1) is 0 Å². The van der Waals surface area contributed by atoms with Crippen molar-refractivity contribution in [3.05, 3.63) is 24.0 Å². The van der Waals surface area contributed by atoms with Crippen molar-refractivity contribution in [2.75, 3.05) is 18.0 Å². The van der Waals surface area contributed by atoms with Gasteiger partial charge in [-0.25, -0.2) is 0 Å². The summed E-state index contributed by atoms with van der Waals surface area (Å²) in [5, 5.41) is 3.50. The van der Waals surface area contributed by atoms with Crippen molar-refractivity contribution >= 4 is 5.69 Å². The molecule has 3 heterocycles. The number of pyridine rings is 1. The van der Waals surface area contributed by atoms with Gasteiger partial charge in [-0.05, 0) is 18.1 Å². The molecule has 0 aromatic carbocycles. The largest absolute Gasteiger partial charge is 0.364 e. The first-order valence-electron chi connectivity index (χ1n) is 5.51. The van der Waals surface area contributed by atoms with E-state index in [1.54, 1.807) is 0 Å². The standard InChI is InChI=1S/C11H16N4/c12-3-8-1-10(5-13-4-8)15-7-9-2-11(15)6-14-9/h1,4-5,9,11,14H,2-3,6-7,12H2/t9-,11-/m0/s1. The molecular formula is C11H16N4. The van der Waals surface area contributed by atoms with E-state index >= 15 is 0 Å². The van der Waals surface area contributed by atoms with Crippen molar-refractivity contribution < 1.29 is 0 Å². The van der Waals surface area contributed by atoms with Crippen molar-refractivity contribution in [3.63, 3.8) is 0 Å². The fourth-order valence-electron chi connectivity index (χ4n) is 2.62. The second kappa shape index (κ2) is 3.47. The molecular weight excluding hydrogens is 188 g/mol. The average molecular weight is 204 g/mol. The van der Waals surface area contributed by atoms with Crippen LogP contribution in [0.25, 0.3) is 0 Å². The molecule has 2 aliphatic heterocycles. The number of rotatable bonds is 2. The van der Waals surface area contributed by atoms with Crippen molar-refractivity contribution in [1.82, 2.24) is 10.3 Å². The van der Waals surface area contributed by atoms with Crippen molar-refractivity contribution in [2.45, 2.75) is 25.0 Å². The van der Waals surface area contributed by atoms with Gasteiger partial charge in [-0.2, -0.15) is 0 Å². The summed E-state index contributed by atoms with van der Waals surface area (Å²) in [6, 6.07) is 3.50. The highest BCUT2D eigenvalue weighted by molar-refractivity contribution is 5.49. The van der Waals surface area contributed by atoms with E-state index < -0.39 is 0 Å². The summed E-state index contributed by atoms with van der Waals surface area (Å²) < 4.78 is 0. The van der Waals surface area contributed by atoms with Crippen LogP contribution in [-0.4, -0.2) is 30.2 Å². The summed E-state index contributed by atoms with van der Waals surface area (Å²) >= 11 is 0. The average Bonchev–Trinajstić information content (AvgIpc) is 2.91. The third-order valence-corrected chi connectivity index (χ3v) is 3.40. The number of hydrogen-bond acceptors (Lipinski definition) is 4. The summed E-state index contributed by atoms with van der Waals surface area (Å²) in [6.45, 7) is 2.79. The Morgan fingerprint density at radius 3 is 3.13 bits per heavy atom. The Balaban J connectivity index is 1.86. The van der Waals surface area contributed by atoms with Crippen molar-refractivity contribution in [1.29, 1.82) is 0 Å². The van der Waals surface area contributed by atoms with Crippen molar-refractivity contribution in [2.24, 2.45) is 5.73 Å². The summed E-state index contributed by atoms with van der Waals surface area (Å²) in [5.41, 5.74) is 7.97. The van der Waals surface area contributed by atoms with Crippen LogP contribution < -0.4 is 16.0 Å². The maximum atomic E-state index is 5.62. The molecule has 0 saturated carbocycles. The second-order valence-corrected chi connectivity index (χ2v) is 4.40. The quantitative estimate of drug-likeness (QED) is 0.717. The van der Waals surface area contributed by atoms with Gasteiger partial charge in [-0.15, -0.1) is 0 Å². The van der Waals surface area contributed by atoms with E-state index in [0.29, 0.717) is 18.6 Å². The lowest BCUT2D eigenvalue weighted by Crippen LogP contribution is -2.43. The SMILES string of the molecule is NCc1cncc(N2C[C@@H]3C[C@H]2CN3)c1. The van der Waals surface area contributed by atoms with Gasteiger partial charge in [0.2, 0.25) is 0 Å². The highest BCUT2D eigenvalue weighted by Crippen LogP contribution is 2.29. The maximum absolute atomic E-state index is 5.62. The van der Waals surface area contributed by atoms with Crippen LogP contribution in [0.1, 0.15) is 12.0 Å². The number of hydrogen-bond donors (Lipinski definition) is 2. The number of nitrogens with one attached hydrogen (secondary N) is 1. The van der Waals surface area contributed by atoms with E-state index in [9.17, 15) is 0 Å². The number of anilines is 1. The molecule has 1 aromatic rings. The zero-order valence-electron chi connectivity index (χ0n) is 8.69. The van der Waals surface area contributed by atoms with E-state index in [2.05, 4.69) is 21.3 Å². The van der Waals surface area contributed by atoms with Crippen LogP contribution in [0.15, 0.2) is 18.5 Å². The first kappa shape index (κ1) is 9.12. The molecule has 2 atom stereocenters. The van der Waals surface area contributed by atoms with E-state index in [1.807, 2.05) is 12.4 Å². The molecule has 2 aliphatic rings. The minimum atomic E-state index is 0.570. The zero-order valence-corrected chi connectivity index (χ0v) is 8.69. The Morgan fingerprint density at radius 2 is 2.47 bits per heavy atom. The van der Waals surface area contributed by atoms with Gasteiger partial charge in [-0.1, -0.05) is 0 Å². The van der Waals surface area contributed by atoms with Crippen LogP contribution >= 0.6 is 0 Å². The smallest absolute Gasteiger partial charge is 0.0559 e. The third-order valence-electron chi connectivity index (χ3n) is 3.40. The predicted molar refractivity (Wildman–Crippen MR) is 59.7 cm³/mol. The Bertz CT molecular complexity index is 365. The van der Waals surface area contributed by atoms with Gasteiger partial charge in [-0.3, -0.25) is 4.98 Å². The zero-order chi connectivity index (χ0) is 10.3. The van der Waals surface area contributed by atoms with Gasteiger partial charge in [0.05, 0.1) is 11.9 Å². The van der Waals surface area contributed by atoms with Crippen molar-refractivity contribution in [3.8, 4) is 0 Å². The van der Waals surface area contributed by atoms with Gasteiger partial charge >= 0.3 is 0 Å². The van der Waals surface area contributed by atoms with Crippen LogP contribution in [0.5, 0.6) is 0 Å². The molecule has 3 rings (SSSR count). The molecule has 0 unspecified atom stereocenters. The van der Waals surface area contributed by atoms with E-state index in [1.165, 1.54) is 12.1 Å². The minimum Gasteiger partial charge on any atom is -0.364 e. The maximum Gasteiger partial charge on any atom is 0.0559 e. The molecule has 3 N–H and O–H groups in total. The fourth-order valence-corrected chi connectivity index (χ4v) is 2.62. The molecule has 0 radical (unpaired) electrons. The van der Waals surface area contributed by atoms with Gasteiger partial charge in [0.25, 0.3) is 0 Å². The predicted octanol–water partition coefficient (Wildman–Crippen LogP) is 0.0908. The Labute approximate surface area is 89.5 Å². The van der Waals surface area contributed by atoms with E-state index in [0.717, 1.165) is 18.7 Å². The molecule has 2 saturated heterocycles. The minimum absolute atomic E-state index is 0.570.